The maximum absolute atomic E-state index is 7.13. The molecule has 0 aromatic rings. The summed E-state index contributed by atoms with van der Waals surface area (Å²) in [6, 6.07) is 0. The van der Waals surface area contributed by atoms with Gasteiger partial charge in [0.25, 0.3) is 0 Å². The predicted octanol–water partition coefficient (Wildman–Crippen LogP) is 0.612. The third kappa shape index (κ3) is 4.51. The van der Waals surface area contributed by atoms with Crippen molar-refractivity contribution in [1.82, 2.24) is 0 Å². The monoisotopic (exact) mass is 215 g/mol. The second-order valence-electron chi connectivity index (χ2n) is 2.80. The summed E-state index contributed by atoms with van der Waals surface area (Å²) in [5.74, 6) is -0.265. The van der Waals surface area contributed by atoms with Gasteiger partial charge in [0.05, 0.1) is 11.4 Å². The van der Waals surface area contributed by atoms with E-state index in [2.05, 4.69) is 4.99 Å². The topological polar surface area (TPSA) is 114 Å². The first kappa shape index (κ1) is 12.5. The summed E-state index contributed by atoms with van der Waals surface area (Å²) in [5, 5.41) is 7.17. The smallest absolute Gasteiger partial charge is 0.141 e. The Bertz CT molecular complexity index is 299. The van der Waals surface area contributed by atoms with Gasteiger partial charge in [-0.15, -0.1) is 0 Å². The van der Waals surface area contributed by atoms with Crippen LogP contribution >= 0.6 is 11.6 Å². The summed E-state index contributed by atoms with van der Waals surface area (Å²) >= 11 is 5.47. The van der Waals surface area contributed by atoms with E-state index in [9.17, 15) is 0 Å². The van der Waals surface area contributed by atoms with Crippen molar-refractivity contribution < 1.29 is 0 Å². The maximum atomic E-state index is 7.13. The quantitative estimate of drug-likeness (QED) is 0.239. The molecule has 0 unspecified atom stereocenters. The Morgan fingerprint density at radius 2 is 1.79 bits per heavy atom. The number of aliphatic imine (C=N–C) groups is 1. The molecule has 0 bridgehead atoms. The van der Waals surface area contributed by atoms with Crippen molar-refractivity contribution in [3.05, 3.63) is 22.6 Å². The highest BCUT2D eigenvalue weighted by molar-refractivity contribution is 6.29. The van der Waals surface area contributed by atoms with Gasteiger partial charge in [-0.1, -0.05) is 11.6 Å². The van der Waals surface area contributed by atoms with E-state index < -0.39 is 0 Å². The minimum absolute atomic E-state index is 0.0363. The molecule has 0 saturated heterocycles. The van der Waals surface area contributed by atoms with E-state index in [1.54, 1.807) is 13.8 Å². The summed E-state index contributed by atoms with van der Waals surface area (Å²) in [6.07, 6.45) is 1.35. The van der Waals surface area contributed by atoms with Crippen LogP contribution in [0.3, 0.4) is 0 Å². The number of nitrogens with two attached hydrogens (primary N) is 3. The summed E-state index contributed by atoms with van der Waals surface area (Å²) in [5.41, 5.74) is 17.1. The highest BCUT2D eigenvalue weighted by Crippen LogP contribution is 2.07. The summed E-state index contributed by atoms with van der Waals surface area (Å²) in [6.45, 7) is 3.57. The molecule has 0 aliphatic rings. The molecule has 0 rings (SSSR count). The van der Waals surface area contributed by atoms with Gasteiger partial charge < -0.3 is 17.2 Å². The Hall–Kier alpha value is -1.49. The molecule has 0 aromatic heterocycles. The molecule has 6 heteroatoms. The average Bonchev–Trinajstić information content (AvgIpc) is 1.99. The highest BCUT2D eigenvalue weighted by Gasteiger charge is 2.03. The largest absolute Gasteiger partial charge is 0.394 e. The van der Waals surface area contributed by atoms with E-state index in [0.717, 1.165) is 5.71 Å². The van der Waals surface area contributed by atoms with E-state index >= 15 is 0 Å². The summed E-state index contributed by atoms with van der Waals surface area (Å²) < 4.78 is 0. The molecular weight excluding hydrogens is 202 g/mol. The Kier molecular flexibility index (Phi) is 4.72. The van der Waals surface area contributed by atoms with Crippen LogP contribution in [0.2, 0.25) is 0 Å². The molecule has 0 amide bonds. The van der Waals surface area contributed by atoms with Gasteiger partial charge in [0.2, 0.25) is 0 Å². The number of hydrogen-bond donors (Lipinski definition) is 4. The van der Waals surface area contributed by atoms with Crippen LogP contribution in [0.4, 0.5) is 0 Å². The number of rotatable bonds is 3. The molecule has 0 fully saturated rings. The van der Waals surface area contributed by atoms with Crippen molar-refractivity contribution in [1.29, 1.82) is 5.41 Å². The second kappa shape index (κ2) is 5.29. The number of nitrogens with one attached hydrogen (secondary N) is 1. The zero-order valence-electron chi connectivity index (χ0n) is 8.13. The van der Waals surface area contributed by atoms with E-state index in [0.29, 0.717) is 5.70 Å². The highest BCUT2D eigenvalue weighted by atomic mass is 35.5. The number of halogens is 1. The van der Waals surface area contributed by atoms with Crippen LogP contribution in [-0.4, -0.2) is 11.5 Å². The van der Waals surface area contributed by atoms with Crippen molar-refractivity contribution in [2.75, 3.05) is 0 Å². The van der Waals surface area contributed by atoms with Gasteiger partial charge in [-0.2, -0.15) is 0 Å². The lowest BCUT2D eigenvalue weighted by atomic mass is 10.3. The third-order valence-corrected chi connectivity index (χ3v) is 1.29. The van der Waals surface area contributed by atoms with Crippen LogP contribution < -0.4 is 17.2 Å². The fourth-order valence-corrected chi connectivity index (χ4v) is 0.783. The molecule has 5 nitrogen and oxygen atoms in total. The van der Waals surface area contributed by atoms with Crippen LogP contribution in [0.25, 0.3) is 0 Å². The van der Waals surface area contributed by atoms with Crippen LogP contribution in [0.5, 0.6) is 0 Å². The molecular formula is C8H14ClN5. The number of hydrogen-bond acceptors (Lipinski definition) is 4. The Morgan fingerprint density at radius 3 is 2.07 bits per heavy atom. The minimum atomic E-state index is -0.265. The lowest BCUT2D eigenvalue weighted by Gasteiger charge is -2.02. The average molecular weight is 216 g/mol. The van der Waals surface area contributed by atoms with Crippen LogP contribution in [-0.2, 0) is 0 Å². The molecule has 0 spiro atoms. The maximum Gasteiger partial charge on any atom is 0.141 e. The van der Waals surface area contributed by atoms with Crippen LogP contribution in [0, 0.1) is 5.41 Å². The molecule has 78 valence electrons. The van der Waals surface area contributed by atoms with Crippen molar-refractivity contribution in [3.63, 3.8) is 0 Å². The van der Waals surface area contributed by atoms with Gasteiger partial charge in [-0.25, -0.2) is 0 Å². The van der Waals surface area contributed by atoms with Crippen molar-refractivity contribution in [2.45, 2.75) is 13.8 Å². The van der Waals surface area contributed by atoms with Gasteiger partial charge in [-0.05, 0) is 13.8 Å². The number of amidine groups is 1. The first-order valence-electron chi connectivity index (χ1n) is 3.83. The van der Waals surface area contributed by atoms with E-state index in [4.69, 9.17) is 34.2 Å². The number of allylic oxidation sites excluding steroid dienone is 1. The van der Waals surface area contributed by atoms with Crippen LogP contribution in [0.1, 0.15) is 13.8 Å². The Morgan fingerprint density at radius 1 is 1.29 bits per heavy atom. The summed E-state index contributed by atoms with van der Waals surface area (Å²) in [7, 11) is 0. The van der Waals surface area contributed by atoms with Gasteiger partial charge in [-0.3, -0.25) is 10.4 Å². The van der Waals surface area contributed by atoms with Crippen molar-refractivity contribution in [3.8, 4) is 0 Å². The number of nitrogens with zero attached hydrogens (tertiary/aromatic N) is 1. The predicted molar refractivity (Wildman–Crippen MR) is 60.0 cm³/mol. The van der Waals surface area contributed by atoms with Gasteiger partial charge in [0, 0.05) is 11.8 Å². The molecule has 0 atom stereocenters. The van der Waals surface area contributed by atoms with E-state index in [-0.39, 0.29) is 16.7 Å². The first-order valence-corrected chi connectivity index (χ1v) is 4.21. The molecule has 14 heavy (non-hydrogen) atoms. The van der Waals surface area contributed by atoms with Crippen molar-refractivity contribution in [2.24, 2.45) is 22.2 Å². The fraction of sp³-hybridized carbons (Fsp3) is 0.250. The fourth-order valence-electron chi connectivity index (χ4n) is 0.680. The van der Waals surface area contributed by atoms with Gasteiger partial charge in [0.1, 0.15) is 11.0 Å². The molecule has 0 radical (unpaired) electrons. The molecule has 0 aliphatic heterocycles. The molecule has 7 N–H and O–H groups in total. The third-order valence-electron chi connectivity index (χ3n) is 1.18. The lowest BCUT2D eigenvalue weighted by molar-refractivity contribution is 1.24. The lowest BCUT2D eigenvalue weighted by Crippen LogP contribution is -2.21. The standard InChI is InChI=1S/C8H14ClN5/c1-4(2)14-5(3-6(9)10)7(11)8(12)13/h3H,10-11H2,1-2H3,(H3,12,13)/b6-3-,7-5+. The van der Waals surface area contributed by atoms with Gasteiger partial charge >= 0.3 is 0 Å². The van der Waals surface area contributed by atoms with E-state index in [1.165, 1.54) is 6.08 Å². The first-order chi connectivity index (χ1) is 6.34. The van der Waals surface area contributed by atoms with Crippen LogP contribution in [0.15, 0.2) is 27.6 Å². The zero-order chi connectivity index (χ0) is 11.3. The summed E-state index contributed by atoms with van der Waals surface area (Å²) in [4.78, 5) is 4.05. The Labute approximate surface area is 87.8 Å². The molecule has 0 aliphatic carbocycles. The van der Waals surface area contributed by atoms with E-state index in [1.807, 2.05) is 0 Å². The molecule has 0 aromatic carbocycles. The second-order valence-corrected chi connectivity index (χ2v) is 3.24. The SMILES string of the molecule is CC(C)=NC(/C=C(\N)Cl)=C(/N)C(=N)N. The minimum Gasteiger partial charge on any atom is -0.394 e. The van der Waals surface area contributed by atoms with Gasteiger partial charge in [0.15, 0.2) is 0 Å². The zero-order valence-corrected chi connectivity index (χ0v) is 8.89. The molecule has 0 saturated carbocycles. The molecule has 0 heterocycles. The Balaban J connectivity index is 5.32. The normalized spacial score (nSPS) is 13.2. The van der Waals surface area contributed by atoms with Crippen molar-refractivity contribution >= 4 is 23.1 Å².